The summed E-state index contributed by atoms with van der Waals surface area (Å²) < 4.78 is 61.4. The van der Waals surface area contributed by atoms with Crippen LogP contribution in [0.1, 0.15) is 8.22 Å². The molecule has 0 saturated heterocycles. The molecular formula is C48H30O. The van der Waals surface area contributed by atoms with Gasteiger partial charge in [-0.25, -0.2) is 0 Å². The Hall–Kier alpha value is -6.44. The SMILES string of the molecule is [2H]c1c([2H])c(-c2c3ccccc3c(-c3ccc(-c4cccc5ccccc45)cc3)c3ccccc23)c2c(oc3c([2H])c(-c4ccccc4)c([2H])c([2H])c32)c1[2H]. The molecule has 0 aliphatic rings. The molecule has 0 radical (unpaired) electrons. The van der Waals surface area contributed by atoms with Gasteiger partial charge in [-0.05, 0) is 95.0 Å². The average molecular weight is 629 g/mol. The van der Waals surface area contributed by atoms with Gasteiger partial charge in [-0.1, -0.05) is 164 Å². The molecule has 0 unspecified atom stereocenters. The number of fused-ring (bicyclic) bond motifs is 6. The van der Waals surface area contributed by atoms with Crippen molar-refractivity contribution in [1.29, 1.82) is 0 Å². The van der Waals surface area contributed by atoms with Crippen LogP contribution in [0.4, 0.5) is 0 Å². The summed E-state index contributed by atoms with van der Waals surface area (Å²) in [7, 11) is 0. The van der Waals surface area contributed by atoms with E-state index in [4.69, 9.17) is 8.53 Å². The average Bonchev–Trinajstić information content (AvgIpc) is 3.63. The van der Waals surface area contributed by atoms with Gasteiger partial charge in [0.25, 0.3) is 0 Å². The van der Waals surface area contributed by atoms with Crippen molar-refractivity contribution < 1.29 is 12.6 Å². The second-order valence-corrected chi connectivity index (χ2v) is 12.3. The van der Waals surface area contributed by atoms with Gasteiger partial charge < -0.3 is 4.42 Å². The lowest BCUT2D eigenvalue weighted by Crippen LogP contribution is -1.91. The number of hydrogen-bond donors (Lipinski definition) is 0. The van der Waals surface area contributed by atoms with E-state index in [0.29, 0.717) is 22.1 Å². The third kappa shape index (κ3) is 4.40. The smallest absolute Gasteiger partial charge is 0.136 e. The topological polar surface area (TPSA) is 13.1 Å². The molecule has 1 heterocycles. The summed E-state index contributed by atoms with van der Waals surface area (Å²) in [5, 5.41) is 6.42. The molecule has 0 aliphatic carbocycles. The Morgan fingerprint density at radius 2 is 0.980 bits per heavy atom. The minimum Gasteiger partial charge on any atom is -0.456 e. The van der Waals surface area contributed by atoms with Crippen LogP contribution in [0, 0.1) is 0 Å². The zero-order valence-corrected chi connectivity index (χ0v) is 26.3. The maximum Gasteiger partial charge on any atom is 0.136 e. The van der Waals surface area contributed by atoms with Crippen molar-refractivity contribution in [2.45, 2.75) is 0 Å². The lowest BCUT2D eigenvalue weighted by Gasteiger charge is -2.18. The second-order valence-electron chi connectivity index (χ2n) is 12.3. The fraction of sp³-hybridized carbons (Fsp3) is 0. The van der Waals surface area contributed by atoms with Crippen LogP contribution < -0.4 is 0 Å². The van der Waals surface area contributed by atoms with Gasteiger partial charge in [0.2, 0.25) is 0 Å². The zero-order chi connectivity index (χ0) is 37.5. The minimum absolute atomic E-state index is 0.0267. The van der Waals surface area contributed by atoms with Crippen molar-refractivity contribution in [3.05, 3.63) is 182 Å². The molecule has 9 aromatic carbocycles. The largest absolute Gasteiger partial charge is 0.456 e. The predicted octanol–water partition coefficient (Wildman–Crippen LogP) is 13.7. The summed E-state index contributed by atoms with van der Waals surface area (Å²) >= 11 is 0. The number of hydrogen-bond acceptors (Lipinski definition) is 1. The highest BCUT2D eigenvalue weighted by atomic mass is 16.3. The minimum atomic E-state index is -0.310. The molecule has 0 atom stereocenters. The van der Waals surface area contributed by atoms with Crippen molar-refractivity contribution in [2.75, 3.05) is 0 Å². The summed E-state index contributed by atoms with van der Waals surface area (Å²) in [6.45, 7) is 0. The van der Waals surface area contributed by atoms with E-state index in [-0.39, 0.29) is 58.4 Å². The summed E-state index contributed by atoms with van der Waals surface area (Å²) in [5.74, 6) is 0. The summed E-state index contributed by atoms with van der Waals surface area (Å²) in [5.41, 5.74) is 6.31. The van der Waals surface area contributed by atoms with Gasteiger partial charge in [-0.15, -0.1) is 0 Å². The second kappa shape index (κ2) is 11.1. The van der Waals surface area contributed by atoms with E-state index in [9.17, 15) is 4.11 Å². The highest BCUT2D eigenvalue weighted by molar-refractivity contribution is 6.25. The number of furan rings is 1. The van der Waals surface area contributed by atoms with E-state index in [1.165, 1.54) is 10.8 Å². The molecule has 10 rings (SSSR count). The first-order chi connectivity index (χ1) is 26.8. The van der Waals surface area contributed by atoms with Gasteiger partial charge in [-0.2, -0.15) is 0 Å². The Morgan fingerprint density at radius 3 is 1.71 bits per heavy atom. The molecule has 0 N–H and O–H groups in total. The molecule has 1 aromatic heterocycles. The molecule has 10 aromatic rings. The van der Waals surface area contributed by atoms with Crippen LogP contribution in [0.25, 0.3) is 98.8 Å². The molecule has 0 bridgehead atoms. The molecule has 0 aliphatic heterocycles. The van der Waals surface area contributed by atoms with Crippen LogP contribution in [-0.4, -0.2) is 0 Å². The normalized spacial score (nSPS) is 13.4. The third-order valence-corrected chi connectivity index (χ3v) is 9.59. The van der Waals surface area contributed by atoms with Crippen molar-refractivity contribution in [3.8, 4) is 44.5 Å². The van der Waals surface area contributed by atoms with Crippen LogP contribution in [0.5, 0.6) is 0 Å². The lowest BCUT2D eigenvalue weighted by atomic mass is 9.84. The van der Waals surface area contributed by atoms with Crippen molar-refractivity contribution >= 4 is 54.3 Å². The van der Waals surface area contributed by atoms with E-state index in [0.717, 1.165) is 43.8 Å². The molecule has 49 heavy (non-hydrogen) atoms. The van der Waals surface area contributed by atoms with Gasteiger partial charge in [0.15, 0.2) is 0 Å². The molecule has 0 amide bonds. The van der Waals surface area contributed by atoms with Crippen molar-refractivity contribution in [3.63, 3.8) is 0 Å². The van der Waals surface area contributed by atoms with Crippen LogP contribution in [-0.2, 0) is 0 Å². The Bertz CT molecular complexity index is 3140. The van der Waals surface area contributed by atoms with Gasteiger partial charge in [0.05, 0.1) is 8.22 Å². The van der Waals surface area contributed by atoms with Gasteiger partial charge >= 0.3 is 0 Å². The quantitative estimate of drug-likeness (QED) is 0.177. The maximum absolute atomic E-state index is 9.45. The van der Waals surface area contributed by atoms with Crippen LogP contribution >= 0.6 is 0 Å². The van der Waals surface area contributed by atoms with Crippen LogP contribution in [0.15, 0.2) is 186 Å². The predicted molar refractivity (Wildman–Crippen MR) is 208 cm³/mol. The van der Waals surface area contributed by atoms with E-state index in [1.807, 2.05) is 54.6 Å². The van der Waals surface area contributed by atoms with Crippen molar-refractivity contribution in [2.24, 2.45) is 0 Å². The Morgan fingerprint density at radius 1 is 0.367 bits per heavy atom. The molecule has 0 spiro atoms. The maximum atomic E-state index is 9.45. The van der Waals surface area contributed by atoms with Crippen molar-refractivity contribution in [1.82, 2.24) is 0 Å². The van der Waals surface area contributed by atoms with Crippen LogP contribution in [0.2, 0.25) is 0 Å². The van der Waals surface area contributed by atoms with E-state index in [2.05, 4.69) is 78.9 Å². The first-order valence-corrected chi connectivity index (χ1v) is 16.4. The Kier molecular flexibility index (Phi) is 5.02. The third-order valence-electron chi connectivity index (χ3n) is 9.59. The highest BCUT2D eigenvalue weighted by Gasteiger charge is 2.20. The molecule has 0 fully saturated rings. The Labute approximate surface area is 292 Å². The fourth-order valence-corrected chi connectivity index (χ4v) is 7.39. The van der Waals surface area contributed by atoms with Crippen LogP contribution in [0.3, 0.4) is 0 Å². The monoisotopic (exact) mass is 628 g/mol. The highest BCUT2D eigenvalue weighted by Crippen LogP contribution is 2.47. The first kappa shape index (κ1) is 22.2. The summed E-state index contributed by atoms with van der Waals surface area (Å²) in [4.78, 5) is 0. The van der Waals surface area contributed by atoms with Gasteiger partial charge in [-0.3, -0.25) is 0 Å². The summed E-state index contributed by atoms with van der Waals surface area (Å²) in [6, 6.07) is 47.4. The Balaban J connectivity index is 1.28. The van der Waals surface area contributed by atoms with E-state index < -0.39 is 0 Å². The molecule has 1 nitrogen and oxygen atoms in total. The van der Waals surface area contributed by atoms with E-state index in [1.54, 1.807) is 12.1 Å². The standard InChI is InChI=1S/C48H30O/c1-2-12-31(13-3-1)35-28-29-42-45(30-35)49-44-23-11-22-43(48(42)44)47-40-19-8-6-17-38(40)46(39-18-7-9-20-41(39)47)34-26-24-33(25-27-34)37-21-10-15-32-14-4-5-16-36(32)37/h1-30H/i11D,22D,23D,28D,29D,30D. The van der Waals surface area contributed by atoms with Gasteiger partial charge in [0.1, 0.15) is 11.2 Å². The number of benzene rings is 9. The molecular weight excluding hydrogens is 593 g/mol. The number of rotatable bonds is 4. The van der Waals surface area contributed by atoms with Gasteiger partial charge in [0, 0.05) is 10.8 Å². The first-order valence-electron chi connectivity index (χ1n) is 19.4. The molecule has 228 valence electrons. The summed E-state index contributed by atoms with van der Waals surface area (Å²) in [6.07, 6.45) is 0. The lowest BCUT2D eigenvalue weighted by molar-refractivity contribution is 0.669. The zero-order valence-electron chi connectivity index (χ0n) is 32.3. The fourth-order valence-electron chi connectivity index (χ4n) is 7.39. The molecule has 1 heteroatoms. The van der Waals surface area contributed by atoms with E-state index >= 15 is 0 Å². The molecule has 0 saturated carbocycles.